The Labute approximate surface area is 199 Å². The number of hydrogen-bond donors (Lipinski definition) is 1. The van der Waals surface area contributed by atoms with Gasteiger partial charge in [0.1, 0.15) is 0 Å². The normalized spacial score (nSPS) is 12.5. The lowest BCUT2D eigenvalue weighted by atomic mass is 10.1. The van der Waals surface area contributed by atoms with Gasteiger partial charge in [-0.05, 0) is 54.1 Å². The van der Waals surface area contributed by atoms with E-state index in [-0.39, 0.29) is 16.6 Å². The van der Waals surface area contributed by atoms with E-state index in [0.29, 0.717) is 18.7 Å². The lowest BCUT2D eigenvalue weighted by Gasteiger charge is -2.23. The molecule has 0 fully saturated rings. The number of para-hydroxylation sites is 1. The molecule has 5 nitrogen and oxygen atoms in total. The first-order chi connectivity index (χ1) is 16.4. The van der Waals surface area contributed by atoms with Crippen molar-refractivity contribution in [1.29, 1.82) is 0 Å². The van der Waals surface area contributed by atoms with Gasteiger partial charge >= 0.3 is 0 Å². The molecule has 8 heteroatoms. The molecular weight excluding hydrogens is 460 g/mol. The van der Waals surface area contributed by atoms with Crippen molar-refractivity contribution in [3.05, 3.63) is 118 Å². The zero-order chi connectivity index (χ0) is 23.8. The SMILES string of the molecule is O=C(Nc1ccc(C(=O)N2Cc3cccn3Cc3ccccc32)cc1Cl)c1cccc(F)c1F. The second kappa shape index (κ2) is 8.76. The van der Waals surface area contributed by atoms with Crippen molar-refractivity contribution >= 4 is 34.8 Å². The molecule has 0 spiro atoms. The number of carbonyl (C=O) groups excluding carboxylic acids is 2. The Bertz CT molecular complexity index is 1430. The number of amides is 2. The minimum atomic E-state index is -1.24. The standard InChI is InChI=1S/C26H18ClF2N3O2/c27-20-13-16(10-11-22(20)30-25(33)19-7-3-8-21(28)24(19)29)26(34)32-15-18-6-4-12-31(18)14-17-5-1-2-9-23(17)32/h1-13H,14-15H2,(H,30,33). The van der Waals surface area contributed by atoms with Crippen molar-refractivity contribution in [1.82, 2.24) is 4.57 Å². The summed E-state index contributed by atoms with van der Waals surface area (Å²) < 4.78 is 29.5. The number of aromatic nitrogens is 1. The van der Waals surface area contributed by atoms with Crippen LogP contribution in [0.1, 0.15) is 32.0 Å². The molecule has 34 heavy (non-hydrogen) atoms. The van der Waals surface area contributed by atoms with Gasteiger partial charge < -0.3 is 14.8 Å². The van der Waals surface area contributed by atoms with Crippen LogP contribution in [0.4, 0.5) is 20.2 Å². The third kappa shape index (κ3) is 3.95. The van der Waals surface area contributed by atoms with Crippen molar-refractivity contribution < 1.29 is 18.4 Å². The number of halogens is 3. The molecular formula is C26H18ClF2N3O2. The topological polar surface area (TPSA) is 54.3 Å². The van der Waals surface area contributed by atoms with E-state index in [1.165, 1.54) is 30.3 Å². The number of anilines is 2. The molecule has 0 saturated heterocycles. The molecule has 1 aromatic heterocycles. The number of fused-ring (bicyclic) bond motifs is 2. The Balaban J connectivity index is 1.43. The van der Waals surface area contributed by atoms with Crippen LogP contribution in [0.3, 0.4) is 0 Å². The molecule has 2 heterocycles. The van der Waals surface area contributed by atoms with Crippen LogP contribution >= 0.6 is 11.6 Å². The molecule has 0 unspecified atom stereocenters. The van der Waals surface area contributed by atoms with E-state index in [1.807, 2.05) is 42.6 Å². The van der Waals surface area contributed by atoms with Gasteiger partial charge in [0, 0.05) is 29.7 Å². The van der Waals surface area contributed by atoms with Gasteiger partial charge in [-0.25, -0.2) is 8.78 Å². The second-order valence-corrected chi connectivity index (χ2v) is 8.30. The molecule has 0 radical (unpaired) electrons. The zero-order valence-corrected chi connectivity index (χ0v) is 18.5. The summed E-state index contributed by atoms with van der Waals surface area (Å²) in [6, 6.07) is 19.4. The quantitative estimate of drug-likeness (QED) is 0.400. The van der Waals surface area contributed by atoms with Gasteiger partial charge in [0.15, 0.2) is 11.6 Å². The first-order valence-corrected chi connectivity index (χ1v) is 10.9. The molecule has 0 bridgehead atoms. The summed E-state index contributed by atoms with van der Waals surface area (Å²) in [4.78, 5) is 27.6. The molecule has 1 N–H and O–H groups in total. The number of rotatable bonds is 3. The van der Waals surface area contributed by atoms with Crippen LogP contribution in [0, 0.1) is 11.6 Å². The fourth-order valence-corrected chi connectivity index (χ4v) is 4.27. The highest BCUT2D eigenvalue weighted by Gasteiger charge is 2.25. The van der Waals surface area contributed by atoms with Gasteiger partial charge in [-0.15, -0.1) is 0 Å². The summed E-state index contributed by atoms with van der Waals surface area (Å²) in [6.45, 7) is 1.04. The average Bonchev–Trinajstić information content (AvgIpc) is 3.20. The first-order valence-electron chi connectivity index (χ1n) is 10.5. The van der Waals surface area contributed by atoms with E-state index in [9.17, 15) is 18.4 Å². The molecule has 0 aliphatic carbocycles. The lowest BCUT2D eigenvalue weighted by molar-refractivity contribution is 0.0983. The van der Waals surface area contributed by atoms with E-state index in [1.54, 1.807) is 4.90 Å². The Morgan fingerprint density at radius 2 is 1.74 bits per heavy atom. The zero-order valence-electron chi connectivity index (χ0n) is 17.8. The fraction of sp³-hybridized carbons (Fsp3) is 0.0769. The van der Waals surface area contributed by atoms with E-state index in [4.69, 9.17) is 11.6 Å². The Kier molecular flexibility index (Phi) is 5.63. The van der Waals surface area contributed by atoms with Crippen molar-refractivity contribution in [3.8, 4) is 0 Å². The van der Waals surface area contributed by atoms with E-state index in [2.05, 4.69) is 9.88 Å². The Morgan fingerprint density at radius 1 is 0.912 bits per heavy atom. The van der Waals surface area contributed by atoms with Crippen molar-refractivity contribution in [2.24, 2.45) is 0 Å². The van der Waals surface area contributed by atoms with Crippen LogP contribution in [0.25, 0.3) is 0 Å². The van der Waals surface area contributed by atoms with Gasteiger partial charge in [-0.3, -0.25) is 9.59 Å². The molecule has 5 rings (SSSR count). The second-order valence-electron chi connectivity index (χ2n) is 7.90. The molecule has 170 valence electrons. The molecule has 1 aliphatic heterocycles. The van der Waals surface area contributed by atoms with Crippen LogP contribution in [0.5, 0.6) is 0 Å². The minimum absolute atomic E-state index is 0.0995. The van der Waals surface area contributed by atoms with Gasteiger partial charge in [0.25, 0.3) is 11.8 Å². The molecule has 2 amide bonds. The lowest BCUT2D eigenvalue weighted by Crippen LogP contribution is -2.30. The summed E-state index contributed by atoms with van der Waals surface area (Å²) in [5, 5.41) is 2.57. The third-order valence-electron chi connectivity index (χ3n) is 5.77. The largest absolute Gasteiger partial charge is 0.345 e. The van der Waals surface area contributed by atoms with Crippen molar-refractivity contribution in [2.75, 3.05) is 10.2 Å². The minimum Gasteiger partial charge on any atom is -0.345 e. The van der Waals surface area contributed by atoms with Gasteiger partial charge in [0.05, 0.1) is 22.8 Å². The van der Waals surface area contributed by atoms with Gasteiger partial charge in [-0.2, -0.15) is 0 Å². The highest BCUT2D eigenvalue weighted by molar-refractivity contribution is 6.34. The first kappa shape index (κ1) is 21.9. The van der Waals surface area contributed by atoms with Crippen LogP contribution in [0.2, 0.25) is 5.02 Å². The Hall–Kier alpha value is -3.97. The number of nitrogens with one attached hydrogen (secondary N) is 1. The fourth-order valence-electron chi connectivity index (χ4n) is 4.04. The molecule has 3 aromatic carbocycles. The van der Waals surface area contributed by atoms with Crippen LogP contribution in [0.15, 0.2) is 79.0 Å². The molecule has 0 atom stereocenters. The summed E-state index contributed by atoms with van der Waals surface area (Å²) >= 11 is 6.35. The summed E-state index contributed by atoms with van der Waals surface area (Å²) in [5.41, 5.74) is 2.88. The third-order valence-corrected chi connectivity index (χ3v) is 6.09. The maximum Gasteiger partial charge on any atom is 0.258 e. The van der Waals surface area contributed by atoms with Crippen LogP contribution in [-0.4, -0.2) is 16.4 Å². The molecule has 1 aliphatic rings. The average molecular weight is 478 g/mol. The predicted octanol–water partition coefficient (Wildman–Crippen LogP) is 5.88. The highest BCUT2D eigenvalue weighted by Crippen LogP contribution is 2.31. The monoisotopic (exact) mass is 477 g/mol. The van der Waals surface area contributed by atoms with E-state index in [0.717, 1.165) is 23.0 Å². The van der Waals surface area contributed by atoms with Gasteiger partial charge in [0.2, 0.25) is 0 Å². The number of hydrogen-bond acceptors (Lipinski definition) is 2. The maximum absolute atomic E-state index is 13.9. The summed E-state index contributed by atoms with van der Waals surface area (Å²) in [5.74, 6) is -3.46. The van der Waals surface area contributed by atoms with Crippen LogP contribution in [-0.2, 0) is 13.1 Å². The number of nitrogens with zero attached hydrogens (tertiary/aromatic N) is 2. The predicted molar refractivity (Wildman–Crippen MR) is 126 cm³/mol. The number of benzene rings is 3. The smallest absolute Gasteiger partial charge is 0.258 e. The van der Waals surface area contributed by atoms with E-state index >= 15 is 0 Å². The molecule has 4 aromatic rings. The molecule has 0 saturated carbocycles. The summed E-state index contributed by atoms with van der Waals surface area (Å²) in [6.07, 6.45) is 1.98. The summed E-state index contributed by atoms with van der Waals surface area (Å²) in [7, 11) is 0. The van der Waals surface area contributed by atoms with E-state index < -0.39 is 23.1 Å². The van der Waals surface area contributed by atoms with Gasteiger partial charge in [-0.1, -0.05) is 35.9 Å². The van der Waals surface area contributed by atoms with Crippen molar-refractivity contribution in [2.45, 2.75) is 13.1 Å². The van der Waals surface area contributed by atoms with Crippen molar-refractivity contribution in [3.63, 3.8) is 0 Å². The Morgan fingerprint density at radius 3 is 2.56 bits per heavy atom. The highest BCUT2D eigenvalue weighted by atomic mass is 35.5. The maximum atomic E-state index is 13.9. The number of carbonyl (C=O) groups is 2. The van der Waals surface area contributed by atoms with Crippen LogP contribution < -0.4 is 10.2 Å².